The minimum Gasteiger partial charge on any atom is -0.465 e. The van der Waals surface area contributed by atoms with E-state index in [4.69, 9.17) is 4.42 Å². The molecule has 0 atom stereocenters. The highest BCUT2D eigenvalue weighted by Gasteiger charge is 2.19. The predicted molar refractivity (Wildman–Crippen MR) is 79.9 cm³/mol. The number of amides is 1. The second kappa shape index (κ2) is 4.79. The molecule has 1 amide bonds. The first kappa shape index (κ1) is 12.9. The number of carbonyl (C=O) groups is 1. The van der Waals surface area contributed by atoms with Crippen molar-refractivity contribution in [2.75, 3.05) is 5.32 Å². The highest BCUT2D eigenvalue weighted by molar-refractivity contribution is 9.10. The van der Waals surface area contributed by atoms with E-state index in [9.17, 15) is 4.79 Å². The first-order chi connectivity index (χ1) is 9.56. The number of rotatable bonds is 2. The number of halogens is 1. The standard InChI is InChI=1S/C14H12BrN3O2/c1-7-12(13(15)8(2)20-7)14(19)17-10-4-3-9-6-16-18-11(9)5-10/h3-6H,1-2H3,(H,16,18)(H,17,19). The molecule has 0 spiro atoms. The van der Waals surface area contributed by atoms with Gasteiger partial charge in [-0.25, -0.2) is 0 Å². The van der Waals surface area contributed by atoms with Crippen molar-refractivity contribution in [2.24, 2.45) is 0 Å². The van der Waals surface area contributed by atoms with E-state index in [1.54, 1.807) is 13.1 Å². The smallest absolute Gasteiger partial charge is 0.260 e. The van der Waals surface area contributed by atoms with Gasteiger partial charge < -0.3 is 9.73 Å². The van der Waals surface area contributed by atoms with E-state index in [0.717, 1.165) is 10.9 Å². The lowest BCUT2D eigenvalue weighted by atomic mass is 10.2. The van der Waals surface area contributed by atoms with E-state index >= 15 is 0 Å². The molecule has 0 bridgehead atoms. The topological polar surface area (TPSA) is 70.9 Å². The van der Waals surface area contributed by atoms with Crippen molar-refractivity contribution in [3.05, 3.63) is 46.0 Å². The van der Waals surface area contributed by atoms with Crippen LogP contribution in [0.2, 0.25) is 0 Å². The van der Waals surface area contributed by atoms with E-state index in [2.05, 4.69) is 31.4 Å². The van der Waals surface area contributed by atoms with Crippen LogP contribution in [-0.4, -0.2) is 16.1 Å². The van der Waals surface area contributed by atoms with Crippen LogP contribution in [0.15, 0.2) is 33.3 Å². The van der Waals surface area contributed by atoms with Gasteiger partial charge in [-0.05, 0) is 48.0 Å². The molecule has 2 aromatic heterocycles. The lowest BCUT2D eigenvalue weighted by Gasteiger charge is -2.05. The first-order valence-electron chi connectivity index (χ1n) is 6.06. The fraction of sp³-hybridized carbons (Fsp3) is 0.143. The van der Waals surface area contributed by atoms with Crippen molar-refractivity contribution < 1.29 is 9.21 Å². The number of carbonyl (C=O) groups excluding carboxylic acids is 1. The number of H-pyrrole nitrogens is 1. The molecule has 0 radical (unpaired) electrons. The summed E-state index contributed by atoms with van der Waals surface area (Å²) in [4.78, 5) is 12.3. The SMILES string of the molecule is Cc1oc(C)c(C(=O)Nc2ccc3cn[nH]c3c2)c1Br. The summed E-state index contributed by atoms with van der Waals surface area (Å²) in [6.45, 7) is 3.58. The summed E-state index contributed by atoms with van der Waals surface area (Å²) in [5.74, 6) is 1.08. The van der Waals surface area contributed by atoms with E-state index in [1.165, 1.54) is 0 Å². The number of hydrogen-bond acceptors (Lipinski definition) is 3. The predicted octanol–water partition coefficient (Wildman–Crippen LogP) is 3.79. The van der Waals surface area contributed by atoms with Gasteiger partial charge in [0, 0.05) is 11.1 Å². The minimum atomic E-state index is -0.204. The lowest BCUT2D eigenvalue weighted by molar-refractivity contribution is 0.102. The van der Waals surface area contributed by atoms with Crippen LogP contribution in [0, 0.1) is 13.8 Å². The molecule has 0 saturated carbocycles. The number of nitrogens with one attached hydrogen (secondary N) is 2. The number of fused-ring (bicyclic) bond motifs is 1. The Hall–Kier alpha value is -2.08. The van der Waals surface area contributed by atoms with Gasteiger partial charge in [0.15, 0.2) is 0 Å². The van der Waals surface area contributed by atoms with Crippen molar-refractivity contribution in [3.8, 4) is 0 Å². The molecular weight excluding hydrogens is 322 g/mol. The Bertz CT molecular complexity index is 804. The minimum absolute atomic E-state index is 0.204. The number of benzene rings is 1. The maximum atomic E-state index is 12.3. The Morgan fingerprint density at radius 2 is 2.15 bits per heavy atom. The van der Waals surface area contributed by atoms with Crippen LogP contribution in [0.25, 0.3) is 10.9 Å². The second-order valence-corrected chi connectivity index (χ2v) is 5.32. The first-order valence-corrected chi connectivity index (χ1v) is 6.85. The number of nitrogens with zero attached hydrogens (tertiary/aromatic N) is 1. The average molecular weight is 334 g/mol. The van der Waals surface area contributed by atoms with Gasteiger partial charge in [-0.1, -0.05) is 0 Å². The van der Waals surface area contributed by atoms with Crippen LogP contribution < -0.4 is 5.32 Å². The van der Waals surface area contributed by atoms with Gasteiger partial charge in [-0.15, -0.1) is 0 Å². The van der Waals surface area contributed by atoms with Gasteiger partial charge in [-0.3, -0.25) is 9.89 Å². The third-order valence-corrected chi connectivity index (χ3v) is 4.07. The monoisotopic (exact) mass is 333 g/mol. The molecule has 6 heteroatoms. The van der Waals surface area contributed by atoms with Crippen molar-refractivity contribution >= 4 is 38.4 Å². The van der Waals surface area contributed by atoms with E-state index < -0.39 is 0 Å². The summed E-state index contributed by atoms with van der Waals surface area (Å²) in [5.41, 5.74) is 2.10. The van der Waals surface area contributed by atoms with Crippen LogP contribution in [-0.2, 0) is 0 Å². The summed E-state index contributed by atoms with van der Waals surface area (Å²) >= 11 is 3.38. The molecule has 0 saturated heterocycles. The van der Waals surface area contributed by atoms with Crippen LogP contribution in [0.3, 0.4) is 0 Å². The maximum absolute atomic E-state index is 12.3. The average Bonchev–Trinajstić information content (AvgIpc) is 2.94. The van der Waals surface area contributed by atoms with Gasteiger partial charge >= 0.3 is 0 Å². The number of furan rings is 1. The third-order valence-electron chi connectivity index (χ3n) is 3.11. The molecule has 5 nitrogen and oxygen atoms in total. The summed E-state index contributed by atoms with van der Waals surface area (Å²) in [6, 6.07) is 5.58. The van der Waals surface area contributed by atoms with Crippen molar-refractivity contribution in [2.45, 2.75) is 13.8 Å². The molecule has 3 aromatic rings. The quantitative estimate of drug-likeness (QED) is 0.749. The number of anilines is 1. The molecule has 0 aliphatic heterocycles. The van der Waals surface area contributed by atoms with Crippen LogP contribution in [0.1, 0.15) is 21.9 Å². The molecule has 102 valence electrons. The number of aromatic nitrogens is 2. The number of hydrogen-bond donors (Lipinski definition) is 2. The van der Waals surface area contributed by atoms with Gasteiger partial charge in [-0.2, -0.15) is 5.10 Å². The summed E-state index contributed by atoms with van der Waals surface area (Å²) in [6.07, 6.45) is 1.74. The fourth-order valence-corrected chi connectivity index (χ4v) is 2.66. The molecule has 2 N–H and O–H groups in total. The Morgan fingerprint density at radius 1 is 1.35 bits per heavy atom. The van der Waals surface area contributed by atoms with E-state index in [0.29, 0.717) is 27.2 Å². The molecular formula is C14H12BrN3O2. The third kappa shape index (κ3) is 2.12. The van der Waals surface area contributed by atoms with Crippen LogP contribution >= 0.6 is 15.9 Å². The Balaban J connectivity index is 1.91. The van der Waals surface area contributed by atoms with Gasteiger partial charge in [0.1, 0.15) is 11.5 Å². The molecule has 0 aliphatic carbocycles. The van der Waals surface area contributed by atoms with Gasteiger partial charge in [0.25, 0.3) is 5.91 Å². The molecule has 2 heterocycles. The van der Waals surface area contributed by atoms with Crippen LogP contribution in [0.5, 0.6) is 0 Å². The Kier molecular flexibility index (Phi) is 3.10. The normalized spacial score (nSPS) is 10.9. The Labute approximate surface area is 123 Å². The maximum Gasteiger partial charge on any atom is 0.260 e. The van der Waals surface area contributed by atoms with Crippen LogP contribution in [0.4, 0.5) is 5.69 Å². The van der Waals surface area contributed by atoms with Crippen molar-refractivity contribution in [1.82, 2.24) is 10.2 Å². The summed E-state index contributed by atoms with van der Waals surface area (Å²) in [5, 5.41) is 10.7. The van der Waals surface area contributed by atoms with Crippen molar-refractivity contribution in [1.29, 1.82) is 0 Å². The van der Waals surface area contributed by atoms with E-state index in [1.807, 2.05) is 25.1 Å². The molecule has 0 fully saturated rings. The molecule has 3 rings (SSSR count). The zero-order chi connectivity index (χ0) is 14.3. The van der Waals surface area contributed by atoms with Crippen molar-refractivity contribution in [3.63, 3.8) is 0 Å². The number of aromatic amines is 1. The highest BCUT2D eigenvalue weighted by Crippen LogP contribution is 2.28. The van der Waals surface area contributed by atoms with Gasteiger partial charge in [0.2, 0.25) is 0 Å². The molecule has 0 aliphatic rings. The van der Waals surface area contributed by atoms with Gasteiger partial charge in [0.05, 0.1) is 21.7 Å². The Morgan fingerprint density at radius 3 is 2.85 bits per heavy atom. The molecule has 20 heavy (non-hydrogen) atoms. The fourth-order valence-electron chi connectivity index (χ4n) is 2.12. The zero-order valence-electron chi connectivity index (χ0n) is 11.0. The molecule has 0 unspecified atom stereocenters. The highest BCUT2D eigenvalue weighted by atomic mass is 79.9. The summed E-state index contributed by atoms with van der Waals surface area (Å²) < 4.78 is 6.13. The van der Waals surface area contributed by atoms with E-state index in [-0.39, 0.29) is 5.91 Å². The second-order valence-electron chi connectivity index (χ2n) is 4.53. The lowest BCUT2D eigenvalue weighted by Crippen LogP contribution is -2.12. The number of aryl methyl sites for hydroxylation is 2. The molecule has 1 aromatic carbocycles. The zero-order valence-corrected chi connectivity index (χ0v) is 12.5. The largest absolute Gasteiger partial charge is 0.465 e. The summed E-state index contributed by atoms with van der Waals surface area (Å²) in [7, 11) is 0.